The van der Waals surface area contributed by atoms with Gasteiger partial charge in [0.1, 0.15) is 11.4 Å². The molecule has 4 rings (SSSR count). The van der Waals surface area contributed by atoms with E-state index in [-0.39, 0.29) is 22.8 Å². The summed E-state index contributed by atoms with van der Waals surface area (Å²) in [5.74, 6) is 0.339. The summed E-state index contributed by atoms with van der Waals surface area (Å²) in [5.41, 5.74) is 0.498. The van der Waals surface area contributed by atoms with Gasteiger partial charge in [0.15, 0.2) is 17.3 Å². The molecule has 0 aromatic heterocycles. The highest BCUT2D eigenvalue weighted by Gasteiger charge is 2.42. The monoisotopic (exact) mass is 312 g/mol. The van der Waals surface area contributed by atoms with Crippen molar-refractivity contribution in [3.63, 3.8) is 0 Å². The Labute approximate surface area is 132 Å². The van der Waals surface area contributed by atoms with Crippen LogP contribution in [-0.4, -0.2) is 30.2 Å². The van der Waals surface area contributed by atoms with Crippen LogP contribution in [0.25, 0.3) is 10.8 Å². The van der Waals surface area contributed by atoms with Gasteiger partial charge < -0.3 is 19.7 Å². The third-order valence-corrected chi connectivity index (χ3v) is 4.80. The van der Waals surface area contributed by atoms with Crippen molar-refractivity contribution in [2.24, 2.45) is 0 Å². The molecule has 0 saturated heterocycles. The van der Waals surface area contributed by atoms with Gasteiger partial charge in [0.05, 0.1) is 19.8 Å². The zero-order valence-corrected chi connectivity index (χ0v) is 12.8. The van der Waals surface area contributed by atoms with Gasteiger partial charge in [-0.1, -0.05) is 0 Å². The molecular formula is C18H16O5. The first-order chi connectivity index (χ1) is 11.0. The van der Waals surface area contributed by atoms with Gasteiger partial charge in [0, 0.05) is 10.9 Å². The van der Waals surface area contributed by atoms with Gasteiger partial charge in [0.2, 0.25) is 0 Å². The van der Waals surface area contributed by atoms with Crippen molar-refractivity contribution in [1.82, 2.24) is 0 Å². The SMILES string of the molecule is COc1cc2c3c4c(c(OC)c(O)c3c1)C(=O)C=C[C@]4(O)CC2. The number of phenols is 1. The van der Waals surface area contributed by atoms with Crippen LogP contribution in [0.1, 0.15) is 27.9 Å². The van der Waals surface area contributed by atoms with Crippen molar-refractivity contribution in [1.29, 1.82) is 0 Å². The topological polar surface area (TPSA) is 76.0 Å². The third-order valence-electron chi connectivity index (χ3n) is 4.80. The predicted octanol–water partition coefficient (Wildman–Crippen LogP) is 2.45. The van der Waals surface area contributed by atoms with Crippen molar-refractivity contribution in [2.75, 3.05) is 14.2 Å². The first-order valence-electron chi connectivity index (χ1n) is 7.40. The van der Waals surface area contributed by atoms with Crippen LogP contribution in [0.2, 0.25) is 0 Å². The van der Waals surface area contributed by atoms with Crippen LogP contribution in [0.3, 0.4) is 0 Å². The molecule has 0 aliphatic heterocycles. The highest BCUT2D eigenvalue weighted by atomic mass is 16.5. The highest BCUT2D eigenvalue weighted by Crippen LogP contribution is 2.52. The second-order valence-electron chi connectivity index (χ2n) is 5.96. The normalized spacial score (nSPS) is 21.6. The molecule has 23 heavy (non-hydrogen) atoms. The molecule has 0 bridgehead atoms. The van der Waals surface area contributed by atoms with E-state index in [2.05, 4.69) is 0 Å². The average molecular weight is 312 g/mol. The Morgan fingerprint density at radius 1 is 1.22 bits per heavy atom. The summed E-state index contributed by atoms with van der Waals surface area (Å²) in [7, 11) is 2.96. The molecule has 0 fully saturated rings. The molecule has 2 aromatic rings. The van der Waals surface area contributed by atoms with Gasteiger partial charge in [-0.3, -0.25) is 4.79 Å². The molecule has 0 saturated carbocycles. The number of aliphatic hydroxyl groups is 1. The van der Waals surface area contributed by atoms with Crippen LogP contribution in [0.5, 0.6) is 17.2 Å². The van der Waals surface area contributed by atoms with Crippen LogP contribution in [0.15, 0.2) is 24.3 Å². The van der Waals surface area contributed by atoms with Crippen molar-refractivity contribution < 1.29 is 24.5 Å². The number of carbonyl (C=O) groups is 1. The minimum atomic E-state index is -1.22. The van der Waals surface area contributed by atoms with Gasteiger partial charge in [0.25, 0.3) is 0 Å². The number of benzene rings is 2. The number of rotatable bonds is 2. The zero-order valence-electron chi connectivity index (χ0n) is 12.8. The summed E-state index contributed by atoms with van der Waals surface area (Å²) in [6, 6.07) is 3.59. The number of aryl methyl sites for hydroxylation is 1. The Balaban J connectivity index is 2.26. The number of ketones is 1. The summed E-state index contributed by atoms with van der Waals surface area (Å²) < 4.78 is 10.6. The molecule has 0 heterocycles. The molecule has 0 spiro atoms. The van der Waals surface area contributed by atoms with Gasteiger partial charge >= 0.3 is 0 Å². The van der Waals surface area contributed by atoms with E-state index in [0.29, 0.717) is 34.9 Å². The molecule has 5 nitrogen and oxygen atoms in total. The van der Waals surface area contributed by atoms with E-state index in [1.165, 1.54) is 13.2 Å². The quantitative estimate of drug-likeness (QED) is 0.891. The second-order valence-corrected chi connectivity index (χ2v) is 5.96. The Morgan fingerprint density at radius 2 is 2.00 bits per heavy atom. The molecule has 2 aliphatic carbocycles. The molecule has 0 radical (unpaired) electrons. The molecule has 118 valence electrons. The fourth-order valence-electron chi connectivity index (χ4n) is 3.73. The Bertz CT molecular complexity index is 896. The number of hydrogen-bond donors (Lipinski definition) is 2. The van der Waals surface area contributed by atoms with E-state index in [1.54, 1.807) is 19.3 Å². The number of allylic oxidation sites excluding steroid dienone is 1. The molecule has 1 atom stereocenters. The summed E-state index contributed by atoms with van der Waals surface area (Å²) in [6.45, 7) is 0. The first kappa shape index (κ1) is 14.1. The fraction of sp³-hybridized carbons (Fsp3) is 0.278. The number of ether oxygens (including phenoxy) is 2. The minimum absolute atomic E-state index is 0.0985. The average Bonchev–Trinajstić information content (AvgIpc) is 2.56. The van der Waals surface area contributed by atoms with E-state index >= 15 is 0 Å². The lowest BCUT2D eigenvalue weighted by molar-refractivity contribution is 0.0719. The lowest BCUT2D eigenvalue weighted by Gasteiger charge is -2.36. The van der Waals surface area contributed by atoms with Gasteiger partial charge in [-0.2, -0.15) is 0 Å². The summed E-state index contributed by atoms with van der Waals surface area (Å²) >= 11 is 0. The Kier molecular flexibility index (Phi) is 2.75. The maximum Gasteiger partial charge on any atom is 0.189 e. The Morgan fingerprint density at radius 3 is 2.70 bits per heavy atom. The fourth-order valence-corrected chi connectivity index (χ4v) is 3.73. The van der Waals surface area contributed by atoms with E-state index in [4.69, 9.17) is 9.47 Å². The van der Waals surface area contributed by atoms with Crippen molar-refractivity contribution in [2.45, 2.75) is 18.4 Å². The zero-order chi connectivity index (χ0) is 16.4. The maximum absolute atomic E-state index is 12.4. The number of methoxy groups -OCH3 is 2. The number of carbonyl (C=O) groups excluding carboxylic acids is 1. The van der Waals surface area contributed by atoms with E-state index in [0.717, 1.165) is 5.56 Å². The van der Waals surface area contributed by atoms with Gasteiger partial charge in [-0.05, 0) is 48.1 Å². The van der Waals surface area contributed by atoms with Crippen LogP contribution < -0.4 is 9.47 Å². The van der Waals surface area contributed by atoms with Crippen LogP contribution in [0, 0.1) is 0 Å². The lowest BCUT2D eigenvalue weighted by Crippen LogP contribution is -2.33. The number of phenolic OH excluding ortho intramolecular Hbond substituents is 1. The second kappa shape index (κ2) is 4.49. The highest BCUT2D eigenvalue weighted by molar-refractivity contribution is 6.15. The number of hydrogen-bond acceptors (Lipinski definition) is 5. The maximum atomic E-state index is 12.4. The molecule has 5 heteroatoms. The molecule has 2 aromatic carbocycles. The standard InChI is InChI=1S/C18H16O5/c1-22-10-7-9-3-5-18(21)6-4-12(19)14-15(18)13(9)11(8-10)16(20)17(14)23-2/h4,6-8,20-21H,3,5H2,1-2H3/t18-/m1/s1. The van der Waals surface area contributed by atoms with E-state index in [1.807, 2.05) is 6.07 Å². The van der Waals surface area contributed by atoms with Gasteiger partial charge in [-0.15, -0.1) is 0 Å². The lowest BCUT2D eigenvalue weighted by atomic mass is 9.72. The van der Waals surface area contributed by atoms with Gasteiger partial charge in [-0.25, -0.2) is 0 Å². The molecule has 0 unspecified atom stereocenters. The molecule has 2 aliphatic rings. The van der Waals surface area contributed by atoms with Crippen LogP contribution >= 0.6 is 0 Å². The van der Waals surface area contributed by atoms with Crippen molar-refractivity contribution in [3.8, 4) is 17.2 Å². The van der Waals surface area contributed by atoms with Crippen molar-refractivity contribution >= 4 is 16.6 Å². The molecular weight excluding hydrogens is 296 g/mol. The van der Waals surface area contributed by atoms with Crippen LogP contribution in [0.4, 0.5) is 0 Å². The third kappa shape index (κ3) is 1.68. The summed E-state index contributed by atoms with van der Waals surface area (Å²) in [5, 5.41) is 22.9. The predicted molar refractivity (Wildman–Crippen MR) is 84.4 cm³/mol. The minimum Gasteiger partial charge on any atom is -0.504 e. The smallest absolute Gasteiger partial charge is 0.189 e. The van der Waals surface area contributed by atoms with E-state index < -0.39 is 5.60 Å². The number of aromatic hydroxyl groups is 1. The molecule has 0 amide bonds. The summed E-state index contributed by atoms with van der Waals surface area (Å²) in [4.78, 5) is 12.4. The van der Waals surface area contributed by atoms with Crippen molar-refractivity contribution in [3.05, 3.63) is 41.0 Å². The first-order valence-corrected chi connectivity index (χ1v) is 7.40. The largest absolute Gasteiger partial charge is 0.504 e. The molecule has 2 N–H and O–H groups in total. The van der Waals surface area contributed by atoms with Crippen LogP contribution in [-0.2, 0) is 12.0 Å². The summed E-state index contributed by atoms with van der Waals surface area (Å²) in [6.07, 6.45) is 3.99. The Hall–Kier alpha value is -2.53. The van der Waals surface area contributed by atoms with E-state index in [9.17, 15) is 15.0 Å².